The summed E-state index contributed by atoms with van der Waals surface area (Å²) < 4.78 is 53.1. The van der Waals surface area contributed by atoms with Gasteiger partial charge in [0, 0.05) is 24.5 Å². The van der Waals surface area contributed by atoms with Crippen molar-refractivity contribution < 1.29 is 41.2 Å². The zero-order valence-corrected chi connectivity index (χ0v) is 29.6. The number of allylic oxidation sites excluding steroid dienone is 1. The van der Waals surface area contributed by atoms with Crippen LogP contribution < -0.4 is 20.1 Å². The second-order valence-electron chi connectivity index (χ2n) is 14.1. The lowest BCUT2D eigenvalue weighted by atomic mass is 10.0. The van der Waals surface area contributed by atoms with Gasteiger partial charge in [0.25, 0.3) is 11.8 Å². The number of hydrogen-bond acceptors (Lipinski definition) is 11. The number of aryl methyl sites for hydroxylation is 2. The molecule has 4 amide bonds. The van der Waals surface area contributed by atoms with Crippen LogP contribution in [0.3, 0.4) is 0 Å². The van der Waals surface area contributed by atoms with Gasteiger partial charge in [-0.15, -0.1) is 0 Å². The quantitative estimate of drug-likeness (QED) is 0.301. The van der Waals surface area contributed by atoms with E-state index < -0.39 is 74.4 Å². The first-order valence-electron chi connectivity index (χ1n) is 17.5. The van der Waals surface area contributed by atoms with E-state index in [1.807, 2.05) is 12.2 Å². The van der Waals surface area contributed by atoms with E-state index in [9.17, 15) is 32.0 Å². The van der Waals surface area contributed by atoms with Crippen molar-refractivity contribution in [3.8, 4) is 5.88 Å². The first-order valence-corrected chi connectivity index (χ1v) is 19.1. The molecule has 17 heteroatoms. The van der Waals surface area contributed by atoms with E-state index in [1.165, 1.54) is 29.2 Å². The molecular weight excluding hydrogens is 697 g/mol. The highest BCUT2D eigenvalue weighted by atomic mass is 32.2. The molecule has 2 aromatic heterocycles. The van der Waals surface area contributed by atoms with Crippen LogP contribution in [0.25, 0.3) is 11.0 Å². The number of nitrogens with one attached hydrogen (secondary N) is 3. The smallest absolute Gasteiger partial charge is 0.274 e. The Morgan fingerprint density at radius 1 is 1.08 bits per heavy atom. The number of carbonyl (C=O) groups excluding carboxylic acids is 4. The minimum absolute atomic E-state index is 0.000997. The van der Waals surface area contributed by atoms with Gasteiger partial charge in [-0.1, -0.05) is 30.2 Å². The molecule has 3 N–H and O–H groups in total. The van der Waals surface area contributed by atoms with Crippen molar-refractivity contribution >= 4 is 44.7 Å². The topological polar surface area (TPSA) is 203 Å². The number of nitrogens with zero attached hydrogens (tertiary/aromatic N) is 4. The molecule has 0 bridgehead atoms. The zero-order chi connectivity index (χ0) is 36.8. The standard InChI is InChI=1S/C35H40FN7O8S/c1-19-14-28(41-51-19)30(44)38-26-9-7-5-3-4-6-8-21-17-35(21,34(47)42-52(48,49)24-11-12-24)40-31(45)29-16-23(18-43(29)33(26)46)50-32-20(2)37-25-13-10-22(36)15-27(25)39-32/h6,8,10,13-15,21,23-24,26,29H,3-5,7,9,11-12,16-18H2,1-2H3,(H,38,44)(H,40,45)(H,42,47)/t21-,23-,26+,29+,35-/m1/s1. The minimum Gasteiger partial charge on any atom is -0.471 e. The Kier molecular flexibility index (Phi) is 9.48. The summed E-state index contributed by atoms with van der Waals surface area (Å²) in [5.74, 6) is -3.11. The Labute approximate surface area is 299 Å². The third-order valence-corrected chi connectivity index (χ3v) is 11.9. The molecule has 1 saturated heterocycles. The molecule has 4 heterocycles. The second-order valence-corrected chi connectivity index (χ2v) is 16.1. The van der Waals surface area contributed by atoms with Gasteiger partial charge in [0.05, 0.1) is 22.8 Å². The van der Waals surface area contributed by atoms with Gasteiger partial charge in [0.2, 0.25) is 27.7 Å². The van der Waals surface area contributed by atoms with Gasteiger partial charge in [0.1, 0.15) is 41.0 Å². The summed E-state index contributed by atoms with van der Waals surface area (Å²) in [6.45, 7) is 3.22. The Balaban J connectivity index is 1.19. The van der Waals surface area contributed by atoms with Crippen LogP contribution in [-0.2, 0) is 24.4 Å². The summed E-state index contributed by atoms with van der Waals surface area (Å²) in [5, 5.41) is 8.72. The fourth-order valence-corrected chi connectivity index (χ4v) is 8.29. The summed E-state index contributed by atoms with van der Waals surface area (Å²) >= 11 is 0. The lowest BCUT2D eigenvalue weighted by Gasteiger charge is -2.29. The van der Waals surface area contributed by atoms with Crippen LogP contribution >= 0.6 is 0 Å². The number of halogens is 1. The molecule has 52 heavy (non-hydrogen) atoms. The van der Waals surface area contributed by atoms with Crippen LogP contribution in [0, 0.1) is 25.6 Å². The monoisotopic (exact) mass is 737 g/mol. The lowest BCUT2D eigenvalue weighted by molar-refractivity contribution is -0.141. The van der Waals surface area contributed by atoms with Crippen LogP contribution in [0.4, 0.5) is 4.39 Å². The first kappa shape index (κ1) is 35.5. The van der Waals surface area contributed by atoms with Crippen molar-refractivity contribution in [2.24, 2.45) is 5.92 Å². The molecule has 0 unspecified atom stereocenters. The summed E-state index contributed by atoms with van der Waals surface area (Å²) in [7, 11) is -3.91. The van der Waals surface area contributed by atoms with Crippen LogP contribution in [0.5, 0.6) is 5.88 Å². The number of carbonyl (C=O) groups is 4. The second kappa shape index (κ2) is 13.9. The average Bonchev–Trinajstić information content (AvgIpc) is 3.98. The van der Waals surface area contributed by atoms with Gasteiger partial charge < -0.3 is 24.8 Å². The molecule has 2 aliphatic heterocycles. The van der Waals surface area contributed by atoms with Crippen molar-refractivity contribution in [2.75, 3.05) is 6.54 Å². The van der Waals surface area contributed by atoms with Gasteiger partial charge >= 0.3 is 0 Å². The van der Waals surface area contributed by atoms with Gasteiger partial charge in [-0.25, -0.2) is 22.8 Å². The molecule has 276 valence electrons. The Morgan fingerprint density at radius 3 is 2.63 bits per heavy atom. The normalized spacial score (nSPS) is 26.8. The van der Waals surface area contributed by atoms with Gasteiger partial charge in [-0.3, -0.25) is 23.9 Å². The molecule has 2 saturated carbocycles. The Morgan fingerprint density at radius 2 is 1.88 bits per heavy atom. The third kappa shape index (κ3) is 7.36. The van der Waals surface area contributed by atoms with Crippen molar-refractivity contribution in [3.63, 3.8) is 0 Å². The molecule has 0 radical (unpaired) electrons. The molecule has 7 rings (SSSR count). The number of aromatic nitrogens is 3. The molecule has 4 aliphatic rings. The largest absolute Gasteiger partial charge is 0.471 e. The summed E-state index contributed by atoms with van der Waals surface area (Å²) in [5.41, 5.74) is -0.408. The number of ether oxygens (including phenoxy) is 1. The lowest BCUT2D eigenvalue weighted by Crippen LogP contribution is -2.58. The third-order valence-electron chi connectivity index (χ3n) is 10.0. The average molecular weight is 738 g/mol. The highest BCUT2D eigenvalue weighted by Crippen LogP contribution is 2.46. The van der Waals surface area contributed by atoms with E-state index in [1.54, 1.807) is 13.8 Å². The van der Waals surface area contributed by atoms with Crippen molar-refractivity contribution in [1.29, 1.82) is 0 Å². The molecule has 0 spiro atoms. The minimum atomic E-state index is -3.91. The van der Waals surface area contributed by atoms with E-state index in [-0.39, 0.29) is 42.9 Å². The maximum atomic E-state index is 14.4. The summed E-state index contributed by atoms with van der Waals surface area (Å²) in [6, 6.07) is 3.24. The highest BCUT2D eigenvalue weighted by molar-refractivity contribution is 7.91. The van der Waals surface area contributed by atoms with Gasteiger partial charge in [-0.05, 0) is 64.5 Å². The van der Waals surface area contributed by atoms with Crippen LogP contribution in [0.1, 0.15) is 79.7 Å². The fourth-order valence-electron chi connectivity index (χ4n) is 6.92. The van der Waals surface area contributed by atoms with Crippen LogP contribution in [0.15, 0.2) is 40.9 Å². The molecular formula is C35H40FN7O8S. The van der Waals surface area contributed by atoms with E-state index in [2.05, 4.69) is 30.5 Å². The number of rotatable bonds is 7. The Bertz CT molecular complexity index is 2070. The molecule has 5 atom stereocenters. The Hall–Kier alpha value is -4.93. The van der Waals surface area contributed by atoms with E-state index in [4.69, 9.17) is 9.26 Å². The highest BCUT2D eigenvalue weighted by Gasteiger charge is 2.62. The SMILES string of the molecule is Cc1cc(C(=O)N[C@H]2CCCCCC=C[C@@H]3C[C@@]3(C(=O)NS(=O)(=O)C3CC3)NC(=O)[C@@H]3C[C@@H](Oc4nc5cc(F)ccc5nc4C)CN3C2=O)no1. The van der Waals surface area contributed by atoms with E-state index in [0.717, 1.165) is 12.8 Å². The molecule has 3 aromatic rings. The predicted octanol–water partition coefficient (Wildman–Crippen LogP) is 2.52. The predicted molar refractivity (Wildman–Crippen MR) is 183 cm³/mol. The van der Waals surface area contributed by atoms with Gasteiger partial charge in [-0.2, -0.15) is 0 Å². The molecule has 15 nitrogen and oxygen atoms in total. The first-order chi connectivity index (χ1) is 24.8. The number of hydrogen-bond donors (Lipinski definition) is 3. The number of amides is 4. The van der Waals surface area contributed by atoms with E-state index in [0.29, 0.717) is 42.7 Å². The van der Waals surface area contributed by atoms with E-state index >= 15 is 0 Å². The maximum absolute atomic E-state index is 14.4. The summed E-state index contributed by atoms with van der Waals surface area (Å²) in [4.78, 5) is 65.8. The number of fused-ring (bicyclic) bond motifs is 3. The molecule has 3 fully saturated rings. The van der Waals surface area contributed by atoms with Crippen LogP contribution in [-0.4, -0.2) is 87.6 Å². The number of benzene rings is 1. The number of sulfonamides is 1. The molecule has 2 aliphatic carbocycles. The fraction of sp³-hybridized carbons (Fsp3) is 0.514. The maximum Gasteiger partial charge on any atom is 0.274 e. The van der Waals surface area contributed by atoms with Crippen molar-refractivity contribution in [1.82, 2.24) is 35.4 Å². The molecule has 1 aromatic carbocycles. The van der Waals surface area contributed by atoms with Crippen molar-refractivity contribution in [3.05, 3.63) is 59.4 Å². The summed E-state index contributed by atoms with van der Waals surface area (Å²) in [6.07, 6.45) is 7.05. The van der Waals surface area contributed by atoms with Crippen molar-refractivity contribution in [2.45, 2.75) is 101 Å². The van der Waals surface area contributed by atoms with Gasteiger partial charge in [0.15, 0.2) is 5.69 Å². The zero-order valence-electron chi connectivity index (χ0n) is 28.8. The van der Waals surface area contributed by atoms with Crippen LogP contribution in [0.2, 0.25) is 0 Å².